The standard InChI is InChI=1S/C13H26FN/c1-5-12(10-14)15-8-6-11(7-9-15)13(2,3)4/h11-12H,5-10H2,1-4H3. The molecule has 0 aromatic rings. The SMILES string of the molecule is CCC(CF)N1CCC(C(C)(C)C)CC1. The van der Waals surface area contributed by atoms with Crippen LogP contribution < -0.4 is 0 Å². The van der Waals surface area contributed by atoms with Crippen LogP contribution in [0.5, 0.6) is 0 Å². The molecular formula is C13H26FN. The zero-order valence-electron chi connectivity index (χ0n) is 10.7. The second kappa shape index (κ2) is 5.29. The molecule has 1 atom stereocenters. The van der Waals surface area contributed by atoms with Gasteiger partial charge in [0.2, 0.25) is 0 Å². The van der Waals surface area contributed by atoms with Crippen molar-refractivity contribution in [3.8, 4) is 0 Å². The van der Waals surface area contributed by atoms with Gasteiger partial charge >= 0.3 is 0 Å². The van der Waals surface area contributed by atoms with Gasteiger partial charge in [0, 0.05) is 6.04 Å². The van der Waals surface area contributed by atoms with E-state index in [1.165, 1.54) is 12.8 Å². The molecule has 0 aliphatic carbocycles. The topological polar surface area (TPSA) is 3.24 Å². The van der Waals surface area contributed by atoms with E-state index in [2.05, 4.69) is 32.6 Å². The summed E-state index contributed by atoms with van der Waals surface area (Å²) >= 11 is 0. The largest absolute Gasteiger partial charge is 0.298 e. The average molecular weight is 215 g/mol. The highest BCUT2D eigenvalue weighted by molar-refractivity contribution is 4.83. The van der Waals surface area contributed by atoms with E-state index in [4.69, 9.17) is 0 Å². The molecule has 2 heteroatoms. The molecule has 1 heterocycles. The maximum Gasteiger partial charge on any atom is 0.105 e. The van der Waals surface area contributed by atoms with Crippen LogP contribution in [0.4, 0.5) is 4.39 Å². The summed E-state index contributed by atoms with van der Waals surface area (Å²) in [6.45, 7) is 11.0. The first-order chi connectivity index (χ1) is 6.99. The smallest absolute Gasteiger partial charge is 0.105 e. The van der Waals surface area contributed by atoms with Crippen LogP contribution in [0.1, 0.15) is 47.0 Å². The van der Waals surface area contributed by atoms with Crippen molar-refractivity contribution in [3.05, 3.63) is 0 Å². The molecule has 0 aromatic carbocycles. The molecule has 0 saturated carbocycles. The molecule has 1 fully saturated rings. The molecule has 0 aromatic heterocycles. The maximum absolute atomic E-state index is 12.7. The van der Waals surface area contributed by atoms with Crippen molar-refractivity contribution < 1.29 is 4.39 Å². The zero-order valence-corrected chi connectivity index (χ0v) is 10.7. The first-order valence-electron chi connectivity index (χ1n) is 6.29. The molecule has 1 aliphatic rings. The molecule has 90 valence electrons. The van der Waals surface area contributed by atoms with Gasteiger partial charge in [-0.3, -0.25) is 4.90 Å². The number of alkyl halides is 1. The molecule has 0 N–H and O–H groups in total. The first kappa shape index (κ1) is 13.0. The van der Waals surface area contributed by atoms with Crippen molar-refractivity contribution in [1.29, 1.82) is 0 Å². The third kappa shape index (κ3) is 3.44. The van der Waals surface area contributed by atoms with E-state index in [1.807, 2.05) is 0 Å². The van der Waals surface area contributed by atoms with Crippen LogP contribution in [0.25, 0.3) is 0 Å². The molecule has 0 amide bonds. The maximum atomic E-state index is 12.7. The Bertz CT molecular complexity index is 173. The molecule has 0 bridgehead atoms. The summed E-state index contributed by atoms with van der Waals surface area (Å²) in [5.41, 5.74) is 0.420. The van der Waals surface area contributed by atoms with Crippen molar-refractivity contribution in [1.82, 2.24) is 4.90 Å². The number of hydrogen-bond donors (Lipinski definition) is 0. The van der Waals surface area contributed by atoms with Gasteiger partial charge < -0.3 is 0 Å². The van der Waals surface area contributed by atoms with Crippen LogP contribution in [0.2, 0.25) is 0 Å². The average Bonchev–Trinajstić information content (AvgIpc) is 2.19. The monoisotopic (exact) mass is 215 g/mol. The molecule has 15 heavy (non-hydrogen) atoms. The Balaban J connectivity index is 2.42. The Hall–Kier alpha value is -0.110. The van der Waals surface area contributed by atoms with Gasteiger partial charge in [-0.25, -0.2) is 4.39 Å². The molecule has 0 radical (unpaired) electrons. The van der Waals surface area contributed by atoms with E-state index in [-0.39, 0.29) is 12.7 Å². The second-order valence-corrected chi connectivity index (χ2v) is 5.89. The number of hydrogen-bond acceptors (Lipinski definition) is 1. The minimum atomic E-state index is -0.184. The van der Waals surface area contributed by atoms with Crippen molar-refractivity contribution >= 4 is 0 Å². The number of piperidine rings is 1. The summed E-state index contributed by atoms with van der Waals surface area (Å²) in [4.78, 5) is 2.34. The van der Waals surface area contributed by atoms with E-state index >= 15 is 0 Å². The van der Waals surface area contributed by atoms with E-state index in [9.17, 15) is 4.39 Å². The molecule has 1 unspecified atom stereocenters. The Morgan fingerprint density at radius 1 is 1.27 bits per heavy atom. The molecule has 0 spiro atoms. The lowest BCUT2D eigenvalue weighted by molar-refractivity contribution is 0.0712. The summed E-state index contributed by atoms with van der Waals surface area (Å²) in [5, 5.41) is 0. The normalized spacial score (nSPS) is 23.0. The number of halogens is 1. The predicted molar refractivity (Wildman–Crippen MR) is 63.8 cm³/mol. The fourth-order valence-electron chi connectivity index (χ4n) is 2.60. The van der Waals surface area contributed by atoms with Crippen LogP contribution >= 0.6 is 0 Å². The van der Waals surface area contributed by atoms with Crippen molar-refractivity contribution in [2.45, 2.75) is 53.0 Å². The highest BCUT2D eigenvalue weighted by Crippen LogP contribution is 2.34. The lowest BCUT2D eigenvalue weighted by Gasteiger charge is -2.41. The Kier molecular flexibility index (Phi) is 4.57. The van der Waals surface area contributed by atoms with E-state index in [0.29, 0.717) is 5.41 Å². The molecule has 1 rings (SSSR count). The minimum Gasteiger partial charge on any atom is -0.298 e. The van der Waals surface area contributed by atoms with Crippen molar-refractivity contribution in [2.75, 3.05) is 19.8 Å². The van der Waals surface area contributed by atoms with Gasteiger partial charge in [-0.15, -0.1) is 0 Å². The lowest BCUT2D eigenvalue weighted by Crippen LogP contribution is -2.44. The van der Waals surface area contributed by atoms with Crippen LogP contribution in [-0.4, -0.2) is 30.7 Å². The van der Waals surface area contributed by atoms with Crippen LogP contribution in [0, 0.1) is 11.3 Å². The molecule has 1 saturated heterocycles. The Labute approximate surface area is 94.0 Å². The Morgan fingerprint density at radius 2 is 1.80 bits per heavy atom. The van der Waals surface area contributed by atoms with E-state index in [0.717, 1.165) is 25.4 Å². The van der Waals surface area contributed by atoms with Gasteiger partial charge in [-0.1, -0.05) is 27.7 Å². The second-order valence-electron chi connectivity index (χ2n) is 5.89. The quantitative estimate of drug-likeness (QED) is 0.696. The van der Waals surface area contributed by atoms with Crippen molar-refractivity contribution in [2.24, 2.45) is 11.3 Å². The number of rotatable bonds is 3. The first-order valence-corrected chi connectivity index (χ1v) is 6.29. The van der Waals surface area contributed by atoms with Gasteiger partial charge in [0.25, 0.3) is 0 Å². The third-order valence-corrected chi connectivity index (χ3v) is 3.92. The van der Waals surface area contributed by atoms with Crippen LogP contribution in [-0.2, 0) is 0 Å². The van der Waals surface area contributed by atoms with Crippen molar-refractivity contribution in [3.63, 3.8) is 0 Å². The van der Waals surface area contributed by atoms with Gasteiger partial charge in [-0.2, -0.15) is 0 Å². The minimum absolute atomic E-state index is 0.172. The lowest BCUT2D eigenvalue weighted by atomic mass is 9.75. The van der Waals surface area contributed by atoms with Crippen LogP contribution in [0.15, 0.2) is 0 Å². The summed E-state index contributed by atoms with van der Waals surface area (Å²) in [6, 6.07) is 0.172. The highest BCUT2D eigenvalue weighted by atomic mass is 19.1. The van der Waals surface area contributed by atoms with E-state index in [1.54, 1.807) is 0 Å². The molecule has 1 aliphatic heterocycles. The van der Waals surface area contributed by atoms with Crippen LogP contribution in [0.3, 0.4) is 0 Å². The molecular weight excluding hydrogens is 189 g/mol. The van der Waals surface area contributed by atoms with Gasteiger partial charge in [0.05, 0.1) is 0 Å². The van der Waals surface area contributed by atoms with Gasteiger partial charge in [0.1, 0.15) is 6.67 Å². The Morgan fingerprint density at radius 3 is 2.13 bits per heavy atom. The number of nitrogens with zero attached hydrogens (tertiary/aromatic N) is 1. The summed E-state index contributed by atoms with van der Waals surface area (Å²) in [7, 11) is 0. The van der Waals surface area contributed by atoms with E-state index < -0.39 is 0 Å². The fraction of sp³-hybridized carbons (Fsp3) is 1.00. The summed E-state index contributed by atoms with van der Waals surface area (Å²) in [5.74, 6) is 0.811. The van der Waals surface area contributed by atoms with Gasteiger partial charge in [0.15, 0.2) is 0 Å². The van der Waals surface area contributed by atoms with Gasteiger partial charge in [-0.05, 0) is 43.7 Å². The third-order valence-electron chi connectivity index (χ3n) is 3.92. The molecule has 1 nitrogen and oxygen atoms in total. The highest BCUT2D eigenvalue weighted by Gasteiger charge is 2.30. The summed E-state index contributed by atoms with van der Waals surface area (Å²) in [6.07, 6.45) is 3.41. The summed E-state index contributed by atoms with van der Waals surface area (Å²) < 4.78 is 12.7. The predicted octanol–water partition coefficient (Wildman–Crippen LogP) is 3.49. The zero-order chi connectivity index (χ0) is 11.5. The number of likely N-dealkylation sites (tertiary alicyclic amines) is 1. The fourth-order valence-corrected chi connectivity index (χ4v) is 2.60.